The number of carboxylic acids is 1. The van der Waals surface area contributed by atoms with E-state index in [1.165, 1.54) is 35.2 Å². The lowest BCUT2D eigenvalue weighted by atomic mass is 9.75. The Morgan fingerprint density at radius 2 is 1.95 bits per heavy atom. The predicted molar refractivity (Wildman–Crippen MR) is 134 cm³/mol. The summed E-state index contributed by atoms with van der Waals surface area (Å²) in [5, 5.41) is 18.4. The number of hydrogen-bond acceptors (Lipinski definition) is 5. The molecule has 0 spiro atoms. The number of para-hydroxylation sites is 1. The zero-order chi connectivity index (χ0) is 26.5. The highest BCUT2D eigenvalue weighted by Gasteiger charge is 2.48. The Bertz CT molecular complexity index is 1420. The van der Waals surface area contributed by atoms with Crippen LogP contribution >= 0.6 is 0 Å². The van der Waals surface area contributed by atoms with E-state index in [2.05, 4.69) is 16.0 Å². The van der Waals surface area contributed by atoms with E-state index in [1.807, 2.05) is 0 Å². The molecule has 3 aliphatic heterocycles. The Kier molecular flexibility index (Phi) is 5.70. The van der Waals surface area contributed by atoms with E-state index in [0.717, 1.165) is 4.90 Å². The normalized spacial score (nSPS) is 23.6. The van der Waals surface area contributed by atoms with Gasteiger partial charge in [0.2, 0.25) is 0 Å². The van der Waals surface area contributed by atoms with Crippen molar-refractivity contribution in [3.05, 3.63) is 71.7 Å². The predicted octanol–water partition coefficient (Wildman–Crippen LogP) is 3.60. The van der Waals surface area contributed by atoms with E-state index in [9.17, 15) is 28.7 Å². The van der Waals surface area contributed by atoms with E-state index >= 15 is 0 Å². The van der Waals surface area contributed by atoms with Crippen LogP contribution < -0.4 is 20.9 Å². The van der Waals surface area contributed by atoms with Crippen molar-refractivity contribution in [2.24, 2.45) is 5.41 Å². The molecular weight excluding hydrogens is 481 g/mol. The number of hydrogen-bond donors (Lipinski definition) is 4. The minimum Gasteiger partial charge on any atom is -0.480 e. The first-order chi connectivity index (χ1) is 17.6. The first kappa shape index (κ1) is 24.0. The number of fused-ring (bicyclic) bond motifs is 1. The number of halogens is 1. The van der Waals surface area contributed by atoms with Crippen molar-refractivity contribution < 1.29 is 28.7 Å². The van der Waals surface area contributed by atoms with Crippen LogP contribution in [0.2, 0.25) is 0 Å². The van der Waals surface area contributed by atoms with Crippen molar-refractivity contribution in [2.45, 2.75) is 19.9 Å². The fourth-order valence-corrected chi connectivity index (χ4v) is 4.95. The summed E-state index contributed by atoms with van der Waals surface area (Å²) in [6.07, 6.45) is 3.10. The van der Waals surface area contributed by atoms with Crippen LogP contribution in [0.1, 0.15) is 19.4 Å². The maximum atomic E-state index is 14.1. The molecule has 1 fully saturated rings. The van der Waals surface area contributed by atoms with Crippen LogP contribution in [0, 0.1) is 11.2 Å². The third-order valence-corrected chi connectivity index (χ3v) is 7.06. The zero-order valence-corrected chi connectivity index (χ0v) is 20.0. The summed E-state index contributed by atoms with van der Waals surface area (Å²) in [6, 6.07) is 8.73. The average Bonchev–Trinajstić information content (AvgIpc) is 3.48. The molecule has 4 N–H and O–H groups in total. The number of amides is 5. The lowest BCUT2D eigenvalue weighted by molar-refractivity contribution is -0.144. The molecule has 2 unspecified atom stereocenters. The molecule has 0 aliphatic carbocycles. The number of rotatable bonds is 4. The average molecular weight is 506 g/mol. The van der Waals surface area contributed by atoms with Gasteiger partial charge in [0.1, 0.15) is 11.2 Å². The standard InChI is InChI=1S/C26H24FN5O5/c1-14-13-28-15(2)26(14,23(34)35)12-18-17-8-7-16(11-20(17)30-22(18)33)29-24(36)32-10-9-31(25(32)37)21-6-4-3-5-19(21)27/h3-8,11-13,15,28H,9-10H2,1-2H3,(H,29,36)(H,30,33)(H,34,35). The number of benzene rings is 2. The zero-order valence-electron chi connectivity index (χ0n) is 20.0. The van der Waals surface area contributed by atoms with Gasteiger partial charge < -0.3 is 21.1 Å². The first-order valence-electron chi connectivity index (χ1n) is 11.6. The second-order valence-electron chi connectivity index (χ2n) is 9.13. The van der Waals surface area contributed by atoms with Gasteiger partial charge in [0, 0.05) is 29.4 Å². The summed E-state index contributed by atoms with van der Waals surface area (Å²) in [7, 11) is 0. The molecule has 3 aliphatic rings. The lowest BCUT2D eigenvalue weighted by Crippen LogP contribution is -2.42. The topological polar surface area (TPSA) is 131 Å². The van der Waals surface area contributed by atoms with Gasteiger partial charge in [-0.1, -0.05) is 18.2 Å². The van der Waals surface area contributed by atoms with E-state index < -0.39 is 41.2 Å². The minimum absolute atomic E-state index is 0.0733. The number of urea groups is 2. The van der Waals surface area contributed by atoms with Crippen molar-refractivity contribution in [3.63, 3.8) is 0 Å². The quantitative estimate of drug-likeness (QED) is 0.470. The summed E-state index contributed by atoms with van der Waals surface area (Å²) >= 11 is 0. The molecule has 0 radical (unpaired) electrons. The number of carbonyl (C=O) groups is 4. The lowest BCUT2D eigenvalue weighted by Gasteiger charge is -2.28. The van der Waals surface area contributed by atoms with Crippen LogP contribution in [-0.4, -0.2) is 53.1 Å². The molecule has 190 valence electrons. The maximum absolute atomic E-state index is 14.1. The molecule has 0 bridgehead atoms. The molecule has 11 heteroatoms. The number of carboxylic acid groups (broad SMARTS) is 1. The van der Waals surface area contributed by atoms with Crippen molar-refractivity contribution in [1.82, 2.24) is 10.2 Å². The Labute approximate surface area is 211 Å². The Balaban J connectivity index is 1.36. The van der Waals surface area contributed by atoms with Crippen molar-refractivity contribution >= 4 is 46.6 Å². The van der Waals surface area contributed by atoms with Gasteiger partial charge in [-0.2, -0.15) is 0 Å². The monoisotopic (exact) mass is 505 g/mol. The Hall–Kier alpha value is -4.67. The highest BCUT2D eigenvalue weighted by Crippen LogP contribution is 2.43. The number of carbonyl (C=O) groups excluding carboxylic acids is 3. The number of aliphatic carboxylic acids is 1. The van der Waals surface area contributed by atoms with Gasteiger partial charge in [-0.25, -0.2) is 18.9 Å². The van der Waals surface area contributed by atoms with E-state index in [0.29, 0.717) is 22.5 Å². The maximum Gasteiger partial charge on any atom is 0.332 e. The van der Waals surface area contributed by atoms with Crippen LogP contribution in [0.25, 0.3) is 5.57 Å². The third-order valence-electron chi connectivity index (χ3n) is 7.06. The fourth-order valence-electron chi connectivity index (χ4n) is 4.95. The molecule has 37 heavy (non-hydrogen) atoms. The van der Waals surface area contributed by atoms with Crippen LogP contribution in [-0.2, 0) is 9.59 Å². The number of anilines is 3. The molecule has 10 nitrogen and oxygen atoms in total. The highest BCUT2D eigenvalue weighted by molar-refractivity contribution is 6.32. The summed E-state index contributed by atoms with van der Waals surface area (Å²) in [5.41, 5.74) is 0.718. The molecule has 2 aromatic rings. The summed E-state index contributed by atoms with van der Waals surface area (Å²) in [6.45, 7) is 3.65. The smallest absolute Gasteiger partial charge is 0.332 e. The fraction of sp³-hybridized carbons (Fsp3) is 0.231. The number of imide groups is 1. The second kappa shape index (κ2) is 8.77. The summed E-state index contributed by atoms with van der Waals surface area (Å²) < 4.78 is 14.1. The first-order valence-corrected chi connectivity index (χ1v) is 11.6. The van der Waals surface area contributed by atoms with Gasteiger partial charge >= 0.3 is 18.0 Å². The molecule has 2 atom stereocenters. The van der Waals surface area contributed by atoms with Gasteiger partial charge in [0.15, 0.2) is 0 Å². The Morgan fingerprint density at radius 1 is 1.19 bits per heavy atom. The van der Waals surface area contributed by atoms with Crippen LogP contribution in [0.5, 0.6) is 0 Å². The minimum atomic E-state index is -1.39. The molecule has 1 saturated heterocycles. The number of nitrogens with zero attached hydrogens (tertiary/aromatic N) is 2. The van der Waals surface area contributed by atoms with Crippen LogP contribution in [0.15, 0.2) is 60.3 Å². The molecule has 2 aromatic carbocycles. The highest BCUT2D eigenvalue weighted by atomic mass is 19.1. The second-order valence-corrected chi connectivity index (χ2v) is 9.13. The van der Waals surface area contributed by atoms with Gasteiger partial charge in [-0.15, -0.1) is 0 Å². The molecule has 0 aromatic heterocycles. The van der Waals surface area contributed by atoms with E-state index in [-0.39, 0.29) is 24.4 Å². The van der Waals surface area contributed by atoms with E-state index in [4.69, 9.17) is 0 Å². The third kappa shape index (κ3) is 3.79. The molecule has 0 saturated carbocycles. The van der Waals surface area contributed by atoms with Gasteiger partial charge in [-0.3, -0.25) is 14.5 Å². The van der Waals surface area contributed by atoms with Gasteiger partial charge in [0.25, 0.3) is 5.91 Å². The van der Waals surface area contributed by atoms with Gasteiger partial charge in [0.05, 0.1) is 17.9 Å². The molecule has 3 heterocycles. The van der Waals surface area contributed by atoms with Crippen LogP contribution in [0.4, 0.5) is 31.0 Å². The number of nitrogens with one attached hydrogen (secondary N) is 3. The van der Waals surface area contributed by atoms with Gasteiger partial charge in [-0.05, 0) is 56.0 Å². The molecule has 5 rings (SSSR count). The van der Waals surface area contributed by atoms with Crippen molar-refractivity contribution in [1.29, 1.82) is 0 Å². The SMILES string of the molecule is CC1=CNC(C)C1(C=C1C(=O)Nc2cc(NC(=O)N3CCN(c4ccccc4F)C3=O)ccc21)C(=O)O. The summed E-state index contributed by atoms with van der Waals surface area (Å²) in [5.74, 6) is -2.09. The van der Waals surface area contributed by atoms with Crippen molar-refractivity contribution in [2.75, 3.05) is 28.6 Å². The van der Waals surface area contributed by atoms with Crippen LogP contribution in [0.3, 0.4) is 0 Å². The molecular formula is C26H24FN5O5. The summed E-state index contributed by atoms with van der Waals surface area (Å²) in [4.78, 5) is 52.8. The van der Waals surface area contributed by atoms with E-state index in [1.54, 1.807) is 38.2 Å². The van der Waals surface area contributed by atoms with Crippen molar-refractivity contribution in [3.8, 4) is 0 Å². The largest absolute Gasteiger partial charge is 0.480 e. The molecule has 5 amide bonds. The Morgan fingerprint density at radius 3 is 2.62 bits per heavy atom.